The van der Waals surface area contributed by atoms with Gasteiger partial charge in [-0.3, -0.25) is 8.80 Å². The van der Waals surface area contributed by atoms with Crippen molar-refractivity contribution in [2.24, 2.45) is 0 Å². The van der Waals surface area contributed by atoms with Gasteiger partial charge >= 0.3 is 5.84 Å². The van der Waals surface area contributed by atoms with E-state index >= 15 is 0 Å². The number of nitrogens with zero attached hydrogens (tertiary/aromatic N) is 4. The number of aromatic nitrogens is 4. The van der Waals surface area contributed by atoms with Crippen molar-refractivity contribution in [2.45, 2.75) is 0 Å². The minimum Gasteiger partial charge on any atom is -0.425 e. The fourth-order valence-electron chi connectivity index (χ4n) is 7.40. The van der Waals surface area contributed by atoms with E-state index in [4.69, 9.17) is 23.2 Å². The van der Waals surface area contributed by atoms with E-state index in [0.717, 1.165) is 87.7 Å². The lowest BCUT2D eigenvalue weighted by Crippen LogP contribution is -1.83. The quantitative estimate of drug-likeness (QED) is 0.189. The van der Waals surface area contributed by atoms with Crippen LogP contribution in [0.4, 0.5) is 0 Å². The number of hydrogen-bond acceptors (Lipinski definition) is 6. The highest BCUT2D eigenvalue weighted by Gasteiger charge is 2.19. The molecule has 0 unspecified atom stereocenters. The van der Waals surface area contributed by atoms with Crippen molar-refractivity contribution in [3.8, 4) is 22.3 Å². The Bertz CT molecular complexity index is 3090. The first-order valence-corrected chi connectivity index (χ1v) is 16.5. The number of imidazole rings is 2. The number of hydrogen-bond donors (Lipinski definition) is 0. The van der Waals surface area contributed by atoms with Crippen LogP contribution in [0, 0.1) is 0 Å². The second-order valence-corrected chi connectivity index (χ2v) is 13.3. The van der Waals surface area contributed by atoms with Crippen molar-refractivity contribution in [2.75, 3.05) is 0 Å². The van der Waals surface area contributed by atoms with E-state index in [9.17, 15) is 0 Å². The van der Waals surface area contributed by atoms with Crippen LogP contribution in [0.25, 0.3) is 110 Å². The van der Waals surface area contributed by atoms with Gasteiger partial charge in [0.2, 0.25) is 0 Å². The minimum atomic E-state index is 0.532. The van der Waals surface area contributed by atoms with Crippen molar-refractivity contribution >= 4 is 98.6 Å². The maximum Gasteiger partial charge on any atom is 0.307 e. The smallest absolute Gasteiger partial charge is 0.307 e. The molecule has 7 nitrogen and oxygen atoms in total. The first kappa shape index (κ1) is 24.8. The Labute approximate surface area is 273 Å². The molecule has 0 amide bonds. The summed E-state index contributed by atoms with van der Waals surface area (Å²) in [5.74, 6) is 1.13. The molecule has 0 radical (unpaired) electrons. The zero-order chi connectivity index (χ0) is 31.1. The van der Waals surface area contributed by atoms with Crippen LogP contribution in [0.2, 0.25) is 0 Å². The summed E-state index contributed by atoms with van der Waals surface area (Å²) in [5.41, 5.74) is 13.0. The number of oxazole rings is 1. The first-order valence-electron chi connectivity index (χ1n) is 15.7. The van der Waals surface area contributed by atoms with Gasteiger partial charge < -0.3 is 13.3 Å². The molecule has 0 aliphatic heterocycles. The van der Waals surface area contributed by atoms with Crippen molar-refractivity contribution in [3.63, 3.8) is 0 Å². The Morgan fingerprint density at radius 3 is 1.83 bits per heavy atom. The molecule has 224 valence electrons. The number of thiazole rings is 1. The molecule has 0 saturated carbocycles. The lowest BCUT2D eigenvalue weighted by atomic mass is 10.00. The summed E-state index contributed by atoms with van der Waals surface area (Å²) >= 11 is 1.72. The summed E-state index contributed by atoms with van der Waals surface area (Å²) < 4.78 is 24.1. The number of furan rings is 2. The molecule has 0 saturated heterocycles. The van der Waals surface area contributed by atoms with Crippen LogP contribution >= 0.6 is 11.3 Å². The second kappa shape index (κ2) is 8.70. The third kappa shape index (κ3) is 3.21. The molecule has 6 aromatic carbocycles. The predicted octanol–water partition coefficient (Wildman–Crippen LogP) is 11.2. The van der Waals surface area contributed by atoms with Gasteiger partial charge in [0.1, 0.15) is 11.2 Å². The van der Waals surface area contributed by atoms with E-state index in [1.807, 2.05) is 30.3 Å². The van der Waals surface area contributed by atoms with Gasteiger partial charge in [0.05, 0.1) is 43.2 Å². The Morgan fingerprint density at radius 2 is 1.08 bits per heavy atom. The monoisotopic (exact) mass is 636 g/mol. The van der Waals surface area contributed by atoms with Gasteiger partial charge in [-0.05, 0) is 95.1 Å². The first-order chi connectivity index (χ1) is 23.7. The number of para-hydroxylation sites is 3. The van der Waals surface area contributed by atoms with Crippen LogP contribution in [-0.4, -0.2) is 18.8 Å². The molecule has 12 rings (SSSR count). The maximum atomic E-state index is 6.25. The largest absolute Gasteiger partial charge is 0.425 e. The lowest BCUT2D eigenvalue weighted by Gasteiger charge is -2.04. The second-order valence-electron chi connectivity index (χ2n) is 12.3. The third-order valence-electron chi connectivity index (χ3n) is 9.64. The summed E-state index contributed by atoms with van der Waals surface area (Å²) in [5, 5.41) is 3.02. The maximum absolute atomic E-state index is 6.25. The highest BCUT2D eigenvalue weighted by Crippen LogP contribution is 2.41. The number of benzene rings is 6. The molecule has 12 aromatic rings. The molecule has 6 heterocycles. The van der Waals surface area contributed by atoms with Gasteiger partial charge in [-0.15, -0.1) is 0 Å². The molecule has 48 heavy (non-hydrogen) atoms. The zero-order valence-electron chi connectivity index (χ0n) is 25.0. The molecule has 0 spiro atoms. The number of rotatable bonds is 2. The summed E-state index contributed by atoms with van der Waals surface area (Å²) in [4.78, 5) is 10.7. The standard InChI is InChI=1S/C40H20N4O3S/c1-3-7-35-29(5-1)43-31-19-23(9-13-27(31)41-39(43)47-35)21-11-15-33-25(17-21)37-26-18-22(12-16-34(26)46-38(37)45-33)24-10-14-28-32(20-24)44-30-6-2-4-8-36(30)48-40(44)42-28/h1-20H. The Hall–Kier alpha value is -6.38. The summed E-state index contributed by atoms with van der Waals surface area (Å²) in [7, 11) is 0. The van der Waals surface area contributed by atoms with E-state index in [0.29, 0.717) is 11.6 Å². The highest BCUT2D eigenvalue weighted by atomic mass is 32.1. The Kier molecular flexibility index (Phi) is 4.49. The summed E-state index contributed by atoms with van der Waals surface area (Å²) in [6, 6.07) is 42.1. The third-order valence-corrected chi connectivity index (χ3v) is 10.7. The molecule has 6 aromatic heterocycles. The minimum absolute atomic E-state index is 0.532. The summed E-state index contributed by atoms with van der Waals surface area (Å²) in [6.45, 7) is 0. The molecule has 0 aliphatic carbocycles. The normalized spacial score (nSPS) is 12.6. The zero-order valence-corrected chi connectivity index (χ0v) is 25.8. The van der Waals surface area contributed by atoms with Gasteiger partial charge in [-0.25, -0.2) is 4.98 Å². The molecule has 8 heteroatoms. The fourth-order valence-corrected chi connectivity index (χ4v) is 8.44. The molecule has 0 N–H and O–H groups in total. The van der Waals surface area contributed by atoms with Gasteiger partial charge in [0.15, 0.2) is 10.5 Å². The molecule has 0 aliphatic rings. The molecular weight excluding hydrogens is 617 g/mol. The van der Waals surface area contributed by atoms with E-state index in [2.05, 4.69) is 99.8 Å². The lowest BCUT2D eigenvalue weighted by molar-refractivity contribution is 0.524. The van der Waals surface area contributed by atoms with Crippen LogP contribution in [0.1, 0.15) is 0 Å². The van der Waals surface area contributed by atoms with Crippen LogP contribution in [0.15, 0.2) is 135 Å². The van der Waals surface area contributed by atoms with Gasteiger partial charge in [0.25, 0.3) is 5.78 Å². The number of fused-ring (bicyclic) bond motifs is 15. The van der Waals surface area contributed by atoms with Crippen LogP contribution < -0.4 is 0 Å². The molecule has 0 bridgehead atoms. The highest BCUT2D eigenvalue weighted by molar-refractivity contribution is 7.23. The molecule has 0 fully saturated rings. The average Bonchev–Trinajstić information content (AvgIpc) is 3.94. The topological polar surface area (TPSA) is 74.0 Å². The van der Waals surface area contributed by atoms with Crippen molar-refractivity contribution in [1.29, 1.82) is 0 Å². The van der Waals surface area contributed by atoms with Crippen LogP contribution in [0.3, 0.4) is 0 Å². The molecular formula is C40H20N4O3S. The average molecular weight is 637 g/mol. The SMILES string of the molecule is c1ccc2c(c1)oc1nc3ccc(-c4ccc5oc6oc7ccc(-c8ccc9nc%10sc%11ccccc%11n%10c9c8)cc7c6c5c4)cc3n12. The van der Waals surface area contributed by atoms with Crippen LogP contribution in [-0.2, 0) is 0 Å². The molecule has 0 atom stereocenters. The fraction of sp³-hybridized carbons (Fsp3) is 0. The van der Waals surface area contributed by atoms with E-state index in [1.165, 1.54) is 10.2 Å². The van der Waals surface area contributed by atoms with Crippen molar-refractivity contribution in [3.05, 3.63) is 121 Å². The van der Waals surface area contributed by atoms with Gasteiger partial charge in [0, 0.05) is 10.8 Å². The summed E-state index contributed by atoms with van der Waals surface area (Å²) in [6.07, 6.45) is 0. The predicted molar refractivity (Wildman–Crippen MR) is 192 cm³/mol. The van der Waals surface area contributed by atoms with Gasteiger partial charge in [-0.1, -0.05) is 59.9 Å². The van der Waals surface area contributed by atoms with Gasteiger partial charge in [-0.2, -0.15) is 4.98 Å². The van der Waals surface area contributed by atoms with E-state index < -0.39 is 0 Å². The Morgan fingerprint density at radius 1 is 0.479 bits per heavy atom. The van der Waals surface area contributed by atoms with Crippen molar-refractivity contribution in [1.82, 2.24) is 18.8 Å². The van der Waals surface area contributed by atoms with E-state index in [-0.39, 0.29) is 0 Å². The van der Waals surface area contributed by atoms with E-state index in [1.54, 1.807) is 11.3 Å². The Balaban J connectivity index is 1.03. The van der Waals surface area contributed by atoms with Crippen molar-refractivity contribution < 1.29 is 13.3 Å². The van der Waals surface area contributed by atoms with Crippen LogP contribution in [0.5, 0.6) is 0 Å².